The van der Waals surface area contributed by atoms with Crippen LogP contribution in [-0.4, -0.2) is 29.0 Å². The Kier molecular flexibility index (Phi) is 6.79. The first-order chi connectivity index (χ1) is 13.2. The van der Waals surface area contributed by atoms with Crippen molar-refractivity contribution in [3.63, 3.8) is 0 Å². The monoisotopic (exact) mass is 382 g/mol. The van der Waals surface area contributed by atoms with Crippen LogP contribution in [0.5, 0.6) is 0 Å². The first kappa shape index (κ1) is 19.3. The molecule has 0 spiro atoms. The largest absolute Gasteiger partial charge is 0.334 e. The third kappa shape index (κ3) is 5.28. The molecule has 6 heteroatoms. The molecule has 0 aliphatic rings. The summed E-state index contributed by atoms with van der Waals surface area (Å²) >= 11 is 1.61. The van der Waals surface area contributed by atoms with Gasteiger partial charge >= 0.3 is 6.03 Å². The van der Waals surface area contributed by atoms with Gasteiger partial charge in [-0.15, -0.1) is 11.3 Å². The second kappa shape index (κ2) is 9.48. The Hall–Kier alpha value is -2.44. The highest BCUT2D eigenvalue weighted by atomic mass is 32.1. The standard InChI is InChI=1S/C21H26N4OS/c1-3-25(4-2)15-17-10-6-5-9-16(17)13-22-21(26)23-14-20-24-18-11-7-8-12-19(18)27-20/h5-12H,3-4,13-15H2,1-2H3,(H2,22,23,26). The Morgan fingerprint density at radius 3 is 2.37 bits per heavy atom. The van der Waals surface area contributed by atoms with Gasteiger partial charge < -0.3 is 10.6 Å². The molecule has 0 aliphatic heterocycles. The quantitative estimate of drug-likeness (QED) is 0.616. The van der Waals surface area contributed by atoms with Crippen molar-refractivity contribution in [1.29, 1.82) is 0 Å². The van der Waals surface area contributed by atoms with Gasteiger partial charge in [0.15, 0.2) is 0 Å². The van der Waals surface area contributed by atoms with Gasteiger partial charge in [-0.25, -0.2) is 9.78 Å². The van der Waals surface area contributed by atoms with Crippen LogP contribution in [0.1, 0.15) is 30.0 Å². The third-order valence-corrected chi connectivity index (χ3v) is 5.62. The molecule has 0 radical (unpaired) electrons. The van der Waals surface area contributed by atoms with E-state index in [1.165, 1.54) is 5.56 Å². The molecule has 2 aromatic carbocycles. The molecule has 0 aliphatic carbocycles. The van der Waals surface area contributed by atoms with Crippen LogP contribution in [0, 0.1) is 0 Å². The first-order valence-electron chi connectivity index (χ1n) is 9.34. The lowest BCUT2D eigenvalue weighted by molar-refractivity contribution is 0.240. The van der Waals surface area contributed by atoms with Crippen LogP contribution < -0.4 is 10.6 Å². The average Bonchev–Trinajstić information content (AvgIpc) is 3.12. The highest BCUT2D eigenvalue weighted by Gasteiger charge is 2.09. The van der Waals surface area contributed by atoms with Crippen molar-refractivity contribution in [3.05, 3.63) is 64.7 Å². The van der Waals surface area contributed by atoms with Crippen molar-refractivity contribution in [2.45, 2.75) is 33.5 Å². The summed E-state index contributed by atoms with van der Waals surface area (Å²) in [4.78, 5) is 19.1. The molecule has 1 aromatic heterocycles. The van der Waals surface area contributed by atoms with E-state index < -0.39 is 0 Å². The molecule has 0 saturated heterocycles. The van der Waals surface area contributed by atoms with Crippen molar-refractivity contribution in [3.8, 4) is 0 Å². The van der Waals surface area contributed by atoms with E-state index >= 15 is 0 Å². The zero-order valence-electron chi connectivity index (χ0n) is 15.9. The third-order valence-electron chi connectivity index (χ3n) is 4.58. The van der Waals surface area contributed by atoms with Crippen LogP contribution in [-0.2, 0) is 19.6 Å². The van der Waals surface area contributed by atoms with E-state index in [-0.39, 0.29) is 6.03 Å². The Labute approximate surface area is 164 Å². The molecule has 0 atom stereocenters. The lowest BCUT2D eigenvalue weighted by Crippen LogP contribution is -2.35. The summed E-state index contributed by atoms with van der Waals surface area (Å²) in [5.74, 6) is 0. The van der Waals surface area contributed by atoms with Gasteiger partial charge in [0, 0.05) is 13.1 Å². The summed E-state index contributed by atoms with van der Waals surface area (Å²) in [5.41, 5.74) is 3.39. The predicted molar refractivity (Wildman–Crippen MR) is 112 cm³/mol. The van der Waals surface area contributed by atoms with Crippen molar-refractivity contribution >= 4 is 27.6 Å². The second-order valence-electron chi connectivity index (χ2n) is 6.34. The smallest absolute Gasteiger partial charge is 0.315 e. The summed E-state index contributed by atoms with van der Waals surface area (Å²) in [6.45, 7) is 8.22. The molecule has 1 heterocycles. The summed E-state index contributed by atoms with van der Waals surface area (Å²) < 4.78 is 1.14. The number of fused-ring (bicyclic) bond motifs is 1. The van der Waals surface area contributed by atoms with Gasteiger partial charge in [0.2, 0.25) is 0 Å². The minimum atomic E-state index is -0.174. The maximum atomic E-state index is 12.2. The van der Waals surface area contributed by atoms with Gasteiger partial charge in [0.1, 0.15) is 5.01 Å². The number of amides is 2. The number of carbonyl (C=O) groups excluding carboxylic acids is 1. The van der Waals surface area contributed by atoms with Gasteiger partial charge in [-0.3, -0.25) is 4.90 Å². The van der Waals surface area contributed by atoms with Crippen LogP contribution in [0.15, 0.2) is 48.5 Å². The fourth-order valence-electron chi connectivity index (χ4n) is 2.96. The molecule has 0 bridgehead atoms. The zero-order valence-corrected chi connectivity index (χ0v) is 16.7. The lowest BCUT2D eigenvalue weighted by atomic mass is 10.1. The predicted octanol–water partition coefficient (Wildman–Crippen LogP) is 4.14. The number of benzene rings is 2. The number of aromatic nitrogens is 1. The topological polar surface area (TPSA) is 57.3 Å². The average molecular weight is 383 g/mol. The number of hydrogen-bond acceptors (Lipinski definition) is 4. The summed E-state index contributed by atoms with van der Waals surface area (Å²) in [6.07, 6.45) is 0. The summed E-state index contributed by atoms with van der Waals surface area (Å²) in [7, 11) is 0. The maximum Gasteiger partial charge on any atom is 0.315 e. The molecular weight excluding hydrogens is 356 g/mol. The van der Waals surface area contributed by atoms with Gasteiger partial charge in [-0.05, 0) is 36.3 Å². The Morgan fingerprint density at radius 1 is 0.963 bits per heavy atom. The normalized spacial score (nSPS) is 11.1. The Balaban J connectivity index is 1.53. The molecular formula is C21H26N4OS. The van der Waals surface area contributed by atoms with Gasteiger partial charge in [-0.1, -0.05) is 50.2 Å². The fraction of sp³-hybridized carbons (Fsp3) is 0.333. The molecule has 3 rings (SSSR count). The Morgan fingerprint density at radius 2 is 1.63 bits per heavy atom. The van der Waals surface area contributed by atoms with E-state index in [0.29, 0.717) is 13.1 Å². The van der Waals surface area contributed by atoms with Crippen LogP contribution in [0.3, 0.4) is 0 Å². The van der Waals surface area contributed by atoms with Crippen LogP contribution in [0.4, 0.5) is 4.79 Å². The van der Waals surface area contributed by atoms with E-state index in [9.17, 15) is 4.79 Å². The van der Waals surface area contributed by atoms with Crippen molar-refractivity contribution in [1.82, 2.24) is 20.5 Å². The van der Waals surface area contributed by atoms with E-state index in [1.54, 1.807) is 11.3 Å². The maximum absolute atomic E-state index is 12.2. The number of hydrogen-bond donors (Lipinski definition) is 2. The number of para-hydroxylation sites is 1. The molecule has 142 valence electrons. The highest BCUT2D eigenvalue weighted by molar-refractivity contribution is 7.18. The van der Waals surface area contributed by atoms with Crippen molar-refractivity contribution in [2.24, 2.45) is 0 Å². The number of nitrogens with zero attached hydrogens (tertiary/aromatic N) is 2. The molecule has 0 unspecified atom stereocenters. The highest BCUT2D eigenvalue weighted by Crippen LogP contribution is 2.21. The zero-order chi connectivity index (χ0) is 19.1. The number of rotatable bonds is 8. The van der Waals surface area contributed by atoms with E-state index in [0.717, 1.165) is 40.4 Å². The Bertz CT molecular complexity index is 856. The molecule has 0 fully saturated rings. The summed E-state index contributed by atoms with van der Waals surface area (Å²) in [6, 6.07) is 16.1. The van der Waals surface area contributed by atoms with Gasteiger partial charge in [0.05, 0.1) is 16.8 Å². The SMILES string of the molecule is CCN(CC)Cc1ccccc1CNC(=O)NCc1nc2ccccc2s1. The van der Waals surface area contributed by atoms with E-state index in [4.69, 9.17) is 0 Å². The molecule has 3 aromatic rings. The van der Waals surface area contributed by atoms with E-state index in [1.807, 2.05) is 30.3 Å². The minimum absolute atomic E-state index is 0.174. The lowest BCUT2D eigenvalue weighted by Gasteiger charge is -2.20. The van der Waals surface area contributed by atoms with Crippen molar-refractivity contribution < 1.29 is 4.79 Å². The number of urea groups is 1. The molecule has 2 amide bonds. The van der Waals surface area contributed by atoms with Gasteiger partial charge in [0.25, 0.3) is 0 Å². The second-order valence-corrected chi connectivity index (χ2v) is 7.46. The fourth-order valence-corrected chi connectivity index (χ4v) is 3.87. The van der Waals surface area contributed by atoms with Crippen LogP contribution >= 0.6 is 11.3 Å². The first-order valence-corrected chi connectivity index (χ1v) is 10.2. The van der Waals surface area contributed by atoms with E-state index in [2.05, 4.69) is 52.6 Å². The summed E-state index contributed by atoms with van der Waals surface area (Å²) in [5, 5.41) is 6.77. The number of thiazole rings is 1. The van der Waals surface area contributed by atoms with Gasteiger partial charge in [-0.2, -0.15) is 0 Å². The molecule has 5 nitrogen and oxygen atoms in total. The molecule has 0 saturated carbocycles. The number of carbonyl (C=O) groups is 1. The van der Waals surface area contributed by atoms with Crippen molar-refractivity contribution in [2.75, 3.05) is 13.1 Å². The number of nitrogens with one attached hydrogen (secondary N) is 2. The molecule has 2 N–H and O–H groups in total. The van der Waals surface area contributed by atoms with Crippen LogP contribution in [0.25, 0.3) is 10.2 Å². The molecule has 27 heavy (non-hydrogen) atoms. The minimum Gasteiger partial charge on any atom is -0.334 e. The van der Waals surface area contributed by atoms with Crippen LogP contribution in [0.2, 0.25) is 0 Å².